The van der Waals surface area contributed by atoms with Crippen LogP contribution in [0.4, 0.5) is 0 Å². The first-order valence-corrected chi connectivity index (χ1v) is 11.8. The number of nitrogens with one attached hydrogen (secondary N) is 1. The van der Waals surface area contributed by atoms with E-state index in [-0.39, 0.29) is 11.9 Å². The molecular weight excluding hydrogens is 464 g/mol. The number of nitrogens with zero attached hydrogens (tertiary/aromatic N) is 1. The minimum absolute atomic E-state index is 0.157. The Morgan fingerprint density at radius 3 is 2.33 bits per heavy atom. The first-order valence-electron chi connectivity index (χ1n) is 10.7. The fraction of sp³-hybridized carbons (Fsp3) is 0.458. The van der Waals surface area contributed by atoms with Gasteiger partial charge >= 0.3 is 0 Å². The van der Waals surface area contributed by atoms with Gasteiger partial charge in [0.2, 0.25) is 5.91 Å². The second-order valence-corrected chi connectivity index (χ2v) is 9.70. The molecule has 0 unspecified atom stereocenters. The lowest BCUT2D eigenvalue weighted by Gasteiger charge is -2.39. The van der Waals surface area contributed by atoms with Crippen molar-refractivity contribution in [1.82, 2.24) is 10.2 Å². The largest absolute Gasteiger partial charge is 0.381 e. The van der Waals surface area contributed by atoms with Crippen LogP contribution < -0.4 is 5.32 Å². The van der Waals surface area contributed by atoms with Crippen molar-refractivity contribution in [2.45, 2.75) is 43.7 Å². The lowest BCUT2D eigenvalue weighted by Crippen LogP contribution is -2.53. The van der Waals surface area contributed by atoms with Crippen LogP contribution in [0.3, 0.4) is 0 Å². The Hall–Kier alpha value is -1.40. The molecule has 2 heterocycles. The smallest absolute Gasteiger partial charge is 0.231 e. The molecule has 0 bridgehead atoms. The number of likely N-dealkylation sites (tertiary alicyclic amines) is 1. The molecule has 0 atom stereocenters. The quantitative estimate of drug-likeness (QED) is 0.645. The van der Waals surface area contributed by atoms with E-state index in [1.165, 1.54) is 5.56 Å². The number of amides is 1. The van der Waals surface area contributed by atoms with E-state index in [4.69, 9.17) is 16.3 Å². The zero-order valence-corrected chi connectivity index (χ0v) is 19.4. The molecule has 1 N–H and O–H groups in total. The predicted molar refractivity (Wildman–Crippen MR) is 124 cm³/mol. The molecule has 2 aliphatic heterocycles. The summed E-state index contributed by atoms with van der Waals surface area (Å²) in [5, 5.41) is 4.16. The molecule has 0 aliphatic carbocycles. The Balaban J connectivity index is 1.36. The summed E-state index contributed by atoms with van der Waals surface area (Å²) >= 11 is 9.49. The first kappa shape index (κ1) is 21.8. The van der Waals surface area contributed by atoms with Gasteiger partial charge in [0.15, 0.2) is 0 Å². The fourth-order valence-corrected chi connectivity index (χ4v) is 4.93. The maximum Gasteiger partial charge on any atom is 0.231 e. The van der Waals surface area contributed by atoms with Crippen molar-refractivity contribution in [2.75, 3.05) is 26.3 Å². The Labute approximate surface area is 192 Å². The van der Waals surface area contributed by atoms with Crippen molar-refractivity contribution >= 4 is 33.4 Å². The molecule has 0 radical (unpaired) electrons. The van der Waals surface area contributed by atoms with Crippen LogP contribution in [0.2, 0.25) is 5.02 Å². The highest BCUT2D eigenvalue weighted by molar-refractivity contribution is 9.10. The van der Waals surface area contributed by atoms with E-state index in [9.17, 15) is 4.79 Å². The fourth-order valence-electron chi connectivity index (χ4n) is 4.54. The van der Waals surface area contributed by atoms with Gasteiger partial charge in [0.05, 0.1) is 5.41 Å². The monoisotopic (exact) mass is 490 g/mol. The van der Waals surface area contributed by atoms with Crippen LogP contribution in [-0.2, 0) is 21.5 Å². The zero-order chi connectivity index (χ0) is 21.0. The molecule has 0 spiro atoms. The highest BCUT2D eigenvalue weighted by Crippen LogP contribution is 2.36. The minimum atomic E-state index is -0.487. The van der Waals surface area contributed by atoms with E-state index in [2.05, 4.69) is 50.4 Å². The first-order chi connectivity index (χ1) is 14.5. The second kappa shape index (κ2) is 9.82. The topological polar surface area (TPSA) is 41.6 Å². The molecule has 2 saturated heterocycles. The number of piperidine rings is 1. The summed E-state index contributed by atoms with van der Waals surface area (Å²) < 4.78 is 6.61. The number of carbonyl (C=O) groups is 1. The molecule has 2 aromatic rings. The molecule has 2 fully saturated rings. The van der Waals surface area contributed by atoms with Crippen molar-refractivity contribution in [3.8, 4) is 0 Å². The number of benzene rings is 2. The third-order valence-electron chi connectivity index (χ3n) is 6.42. The molecular formula is C24H28BrClN2O2. The SMILES string of the molecule is O=C(NC1CCN(Cc2ccc(Cl)cc2)CC1)C1(c2ccc(Br)cc2)CCOCC1. The summed E-state index contributed by atoms with van der Waals surface area (Å²) in [6.45, 7) is 4.16. The van der Waals surface area contributed by atoms with Crippen LogP contribution in [0, 0.1) is 0 Å². The molecule has 1 amide bonds. The molecule has 6 heteroatoms. The lowest BCUT2D eigenvalue weighted by molar-refractivity contribution is -0.131. The highest BCUT2D eigenvalue weighted by Gasteiger charge is 2.42. The van der Waals surface area contributed by atoms with Crippen molar-refractivity contribution in [3.63, 3.8) is 0 Å². The van der Waals surface area contributed by atoms with Gasteiger partial charge in [0, 0.05) is 48.4 Å². The van der Waals surface area contributed by atoms with E-state index in [0.717, 1.165) is 60.4 Å². The molecule has 0 saturated carbocycles. The summed E-state index contributed by atoms with van der Waals surface area (Å²) in [4.78, 5) is 15.9. The molecule has 160 valence electrons. The number of carbonyl (C=O) groups excluding carboxylic acids is 1. The van der Waals surface area contributed by atoms with E-state index in [0.29, 0.717) is 13.2 Å². The second-order valence-electron chi connectivity index (χ2n) is 8.35. The standard InChI is InChI=1S/C24H28BrClN2O2/c25-20-5-3-19(4-6-20)24(11-15-30-16-12-24)23(29)27-22-9-13-28(14-10-22)17-18-1-7-21(26)8-2-18/h1-8,22H,9-17H2,(H,27,29). The molecule has 4 rings (SSSR count). The summed E-state index contributed by atoms with van der Waals surface area (Å²) in [5.41, 5.74) is 1.88. The van der Waals surface area contributed by atoms with Gasteiger partial charge < -0.3 is 10.1 Å². The van der Waals surface area contributed by atoms with Gasteiger partial charge in [-0.25, -0.2) is 0 Å². The highest BCUT2D eigenvalue weighted by atomic mass is 79.9. The van der Waals surface area contributed by atoms with Gasteiger partial charge in [-0.15, -0.1) is 0 Å². The van der Waals surface area contributed by atoms with Crippen LogP contribution in [-0.4, -0.2) is 43.2 Å². The summed E-state index contributed by atoms with van der Waals surface area (Å²) in [6.07, 6.45) is 3.42. The Kier molecular flexibility index (Phi) is 7.14. The number of ether oxygens (including phenoxy) is 1. The molecule has 30 heavy (non-hydrogen) atoms. The number of hydrogen-bond donors (Lipinski definition) is 1. The molecule has 4 nitrogen and oxygen atoms in total. The maximum absolute atomic E-state index is 13.5. The van der Waals surface area contributed by atoms with Crippen molar-refractivity contribution in [1.29, 1.82) is 0 Å². The van der Waals surface area contributed by atoms with Crippen LogP contribution >= 0.6 is 27.5 Å². The van der Waals surface area contributed by atoms with E-state index >= 15 is 0 Å². The van der Waals surface area contributed by atoms with Crippen molar-refractivity contribution in [3.05, 3.63) is 69.2 Å². The molecule has 2 aromatic carbocycles. The van der Waals surface area contributed by atoms with Crippen molar-refractivity contribution < 1.29 is 9.53 Å². The Morgan fingerprint density at radius 2 is 1.70 bits per heavy atom. The third kappa shape index (κ3) is 5.08. The van der Waals surface area contributed by atoms with Crippen LogP contribution in [0.15, 0.2) is 53.0 Å². The van der Waals surface area contributed by atoms with Crippen LogP contribution in [0.25, 0.3) is 0 Å². The van der Waals surface area contributed by atoms with Crippen LogP contribution in [0.5, 0.6) is 0 Å². The van der Waals surface area contributed by atoms with Gasteiger partial charge in [0.1, 0.15) is 0 Å². The number of halogens is 2. The van der Waals surface area contributed by atoms with Gasteiger partial charge in [-0.3, -0.25) is 9.69 Å². The molecule has 0 aromatic heterocycles. The molecule has 2 aliphatic rings. The average molecular weight is 492 g/mol. The van der Waals surface area contributed by atoms with Crippen LogP contribution in [0.1, 0.15) is 36.8 Å². The summed E-state index contributed by atoms with van der Waals surface area (Å²) in [5.74, 6) is 0.157. The van der Waals surface area contributed by atoms with Gasteiger partial charge in [-0.2, -0.15) is 0 Å². The van der Waals surface area contributed by atoms with Gasteiger partial charge in [-0.05, 0) is 61.1 Å². The summed E-state index contributed by atoms with van der Waals surface area (Å²) in [6, 6.07) is 16.5. The van der Waals surface area contributed by atoms with E-state index < -0.39 is 5.41 Å². The predicted octanol–water partition coefficient (Wildman–Crippen LogP) is 4.93. The van der Waals surface area contributed by atoms with E-state index in [1.807, 2.05) is 24.3 Å². The minimum Gasteiger partial charge on any atom is -0.381 e. The maximum atomic E-state index is 13.5. The normalized spacial score (nSPS) is 20.1. The summed E-state index contributed by atoms with van der Waals surface area (Å²) in [7, 11) is 0. The zero-order valence-electron chi connectivity index (χ0n) is 17.1. The Morgan fingerprint density at radius 1 is 1.07 bits per heavy atom. The number of hydrogen-bond acceptors (Lipinski definition) is 3. The third-order valence-corrected chi connectivity index (χ3v) is 7.20. The average Bonchev–Trinajstić information content (AvgIpc) is 2.77. The van der Waals surface area contributed by atoms with E-state index in [1.54, 1.807) is 0 Å². The lowest BCUT2D eigenvalue weighted by atomic mass is 9.73. The Bertz CT molecular complexity index is 843. The van der Waals surface area contributed by atoms with Gasteiger partial charge in [-0.1, -0.05) is 51.8 Å². The number of rotatable bonds is 5. The van der Waals surface area contributed by atoms with Gasteiger partial charge in [0.25, 0.3) is 0 Å². The van der Waals surface area contributed by atoms with Crippen molar-refractivity contribution in [2.24, 2.45) is 0 Å².